The van der Waals surface area contributed by atoms with Gasteiger partial charge in [0.15, 0.2) is 0 Å². The number of nitrogens with two attached hydrogens (primary N) is 1. The number of carbonyl (C=O) groups is 3. The highest BCUT2D eigenvalue weighted by Gasteiger charge is 2.19. The summed E-state index contributed by atoms with van der Waals surface area (Å²) in [5, 5.41) is 10.2. The Morgan fingerprint density at radius 1 is 1.11 bits per heavy atom. The predicted molar refractivity (Wildman–Crippen MR) is 145 cm³/mol. The molecule has 198 valence electrons. The van der Waals surface area contributed by atoms with Gasteiger partial charge in [0.2, 0.25) is 11.9 Å². The third-order valence-electron chi connectivity index (χ3n) is 6.19. The fourth-order valence-electron chi connectivity index (χ4n) is 4.26. The molecule has 11 nitrogen and oxygen atoms in total. The fourth-order valence-corrected chi connectivity index (χ4v) is 4.26. The molecule has 4 aromatic rings. The van der Waals surface area contributed by atoms with Gasteiger partial charge in [-0.05, 0) is 36.6 Å². The average molecular weight is 517 g/mol. The van der Waals surface area contributed by atoms with E-state index in [9.17, 15) is 14.4 Å². The van der Waals surface area contributed by atoms with Crippen molar-refractivity contribution in [2.45, 2.75) is 32.9 Å². The molecule has 0 atom stereocenters. The number of carbonyl (C=O) groups excluding carboxylic acids is 3. The standard InChI is InChI=1S/C27H32N8O3/c1-4-21-20(17-34(3)32-21)25(37)31-26-30-22-15-19(24(28)36)11-12-23(22)35(26)14-8-13-29-27(38)33(2)16-18-9-6-5-7-10-18/h5-7,9-12,15,17H,4,8,13-14,16H2,1-3H3,(H2,28,36)(H,29,38)(H,30,31,37). The molecule has 11 heteroatoms. The molecule has 0 saturated carbocycles. The monoisotopic (exact) mass is 516 g/mol. The number of fused-ring (bicyclic) bond motifs is 1. The number of primary amides is 1. The van der Waals surface area contributed by atoms with Crippen molar-refractivity contribution in [1.82, 2.24) is 29.5 Å². The van der Waals surface area contributed by atoms with Crippen LogP contribution in [0.15, 0.2) is 54.7 Å². The van der Waals surface area contributed by atoms with Crippen LogP contribution in [-0.4, -0.2) is 55.7 Å². The zero-order chi connectivity index (χ0) is 27.2. The number of nitrogens with zero attached hydrogens (tertiary/aromatic N) is 5. The summed E-state index contributed by atoms with van der Waals surface area (Å²) in [7, 11) is 3.51. The van der Waals surface area contributed by atoms with Crippen LogP contribution < -0.4 is 16.4 Å². The van der Waals surface area contributed by atoms with Gasteiger partial charge in [-0.15, -0.1) is 0 Å². The first-order valence-electron chi connectivity index (χ1n) is 12.4. The van der Waals surface area contributed by atoms with Crippen LogP contribution in [0.5, 0.6) is 0 Å². The van der Waals surface area contributed by atoms with Gasteiger partial charge in [-0.25, -0.2) is 9.78 Å². The topological polar surface area (TPSA) is 140 Å². The number of benzene rings is 2. The van der Waals surface area contributed by atoms with E-state index in [-0.39, 0.29) is 11.9 Å². The molecule has 38 heavy (non-hydrogen) atoms. The van der Waals surface area contributed by atoms with Crippen LogP contribution in [0.1, 0.15) is 45.3 Å². The summed E-state index contributed by atoms with van der Waals surface area (Å²) in [6, 6.07) is 14.6. The molecule has 0 aliphatic rings. The lowest BCUT2D eigenvalue weighted by atomic mass is 10.2. The van der Waals surface area contributed by atoms with E-state index in [1.807, 2.05) is 41.8 Å². The highest BCUT2D eigenvalue weighted by Crippen LogP contribution is 2.23. The Bertz CT molecular complexity index is 1460. The number of nitrogens with one attached hydrogen (secondary N) is 2. The molecule has 0 radical (unpaired) electrons. The lowest BCUT2D eigenvalue weighted by Crippen LogP contribution is -2.37. The lowest BCUT2D eigenvalue weighted by Gasteiger charge is -2.18. The maximum Gasteiger partial charge on any atom is 0.317 e. The van der Waals surface area contributed by atoms with Crippen molar-refractivity contribution in [2.24, 2.45) is 12.8 Å². The second-order valence-electron chi connectivity index (χ2n) is 9.05. The number of hydrogen-bond donors (Lipinski definition) is 3. The molecule has 0 unspecified atom stereocenters. The molecule has 4 amide bonds. The minimum Gasteiger partial charge on any atom is -0.366 e. The van der Waals surface area contributed by atoms with Crippen LogP contribution in [-0.2, 0) is 26.6 Å². The first-order chi connectivity index (χ1) is 18.3. The summed E-state index contributed by atoms with van der Waals surface area (Å²) in [4.78, 5) is 43.5. The van der Waals surface area contributed by atoms with Gasteiger partial charge in [-0.3, -0.25) is 19.6 Å². The minimum atomic E-state index is -0.558. The number of rotatable bonds is 10. The van der Waals surface area contributed by atoms with Gasteiger partial charge in [0.05, 0.1) is 22.3 Å². The number of imidazole rings is 1. The van der Waals surface area contributed by atoms with Crippen molar-refractivity contribution in [3.8, 4) is 0 Å². The van der Waals surface area contributed by atoms with Crippen LogP contribution >= 0.6 is 0 Å². The number of aromatic nitrogens is 4. The Morgan fingerprint density at radius 2 is 1.87 bits per heavy atom. The van der Waals surface area contributed by atoms with Crippen LogP contribution in [0.2, 0.25) is 0 Å². The molecular weight excluding hydrogens is 484 g/mol. The van der Waals surface area contributed by atoms with E-state index in [1.165, 1.54) is 0 Å². The van der Waals surface area contributed by atoms with Gasteiger partial charge in [-0.2, -0.15) is 5.10 Å². The van der Waals surface area contributed by atoms with Crippen LogP contribution in [0.25, 0.3) is 11.0 Å². The van der Waals surface area contributed by atoms with Crippen LogP contribution in [0.3, 0.4) is 0 Å². The number of aryl methyl sites for hydroxylation is 3. The van der Waals surface area contributed by atoms with Gasteiger partial charge >= 0.3 is 6.03 Å². The van der Waals surface area contributed by atoms with Crippen molar-refractivity contribution >= 4 is 34.8 Å². The number of anilines is 1. The van der Waals surface area contributed by atoms with Crippen molar-refractivity contribution in [3.05, 3.63) is 77.1 Å². The lowest BCUT2D eigenvalue weighted by molar-refractivity contribution is 0.0997. The molecule has 4 rings (SSSR count). The molecule has 4 N–H and O–H groups in total. The van der Waals surface area contributed by atoms with Gasteiger partial charge in [0.25, 0.3) is 5.91 Å². The van der Waals surface area contributed by atoms with E-state index < -0.39 is 5.91 Å². The molecule has 0 fully saturated rings. The van der Waals surface area contributed by atoms with Crippen LogP contribution in [0, 0.1) is 0 Å². The first kappa shape index (κ1) is 26.4. The van der Waals surface area contributed by atoms with E-state index in [2.05, 4.69) is 20.7 Å². The Labute approximate surface area is 220 Å². The Balaban J connectivity index is 1.47. The SMILES string of the molecule is CCc1nn(C)cc1C(=O)Nc1nc2cc(C(N)=O)ccc2n1CCCNC(=O)N(C)Cc1ccccc1. The Hall–Kier alpha value is -4.67. The predicted octanol–water partition coefficient (Wildman–Crippen LogP) is 2.92. The van der Waals surface area contributed by atoms with E-state index in [0.29, 0.717) is 60.8 Å². The number of amides is 4. The summed E-state index contributed by atoms with van der Waals surface area (Å²) in [6.07, 6.45) is 2.87. The van der Waals surface area contributed by atoms with Gasteiger partial charge in [-0.1, -0.05) is 37.3 Å². The highest BCUT2D eigenvalue weighted by atomic mass is 16.2. The maximum atomic E-state index is 13.1. The Kier molecular flexibility index (Phi) is 8.05. The summed E-state index contributed by atoms with van der Waals surface area (Å²) >= 11 is 0. The average Bonchev–Trinajstić information content (AvgIpc) is 3.45. The van der Waals surface area contributed by atoms with Crippen LogP contribution in [0.4, 0.5) is 10.7 Å². The third-order valence-corrected chi connectivity index (χ3v) is 6.19. The quantitative estimate of drug-likeness (QED) is 0.278. The number of urea groups is 1. The molecular formula is C27H32N8O3. The zero-order valence-electron chi connectivity index (χ0n) is 21.8. The molecule has 2 heterocycles. The largest absolute Gasteiger partial charge is 0.366 e. The smallest absolute Gasteiger partial charge is 0.317 e. The van der Waals surface area contributed by atoms with E-state index in [4.69, 9.17) is 5.73 Å². The normalized spacial score (nSPS) is 10.9. The summed E-state index contributed by atoms with van der Waals surface area (Å²) < 4.78 is 3.47. The third kappa shape index (κ3) is 6.00. The molecule has 0 aliphatic heterocycles. The maximum absolute atomic E-state index is 13.1. The van der Waals surface area contributed by atoms with Gasteiger partial charge in [0, 0.05) is 45.5 Å². The van der Waals surface area contributed by atoms with E-state index >= 15 is 0 Å². The van der Waals surface area contributed by atoms with E-state index in [1.54, 1.807) is 48.1 Å². The van der Waals surface area contributed by atoms with Crippen molar-refractivity contribution in [3.63, 3.8) is 0 Å². The molecule has 0 bridgehead atoms. The zero-order valence-corrected chi connectivity index (χ0v) is 21.8. The molecule has 0 aliphatic carbocycles. The molecule has 2 aromatic heterocycles. The molecule has 0 saturated heterocycles. The Morgan fingerprint density at radius 3 is 2.58 bits per heavy atom. The molecule has 0 spiro atoms. The number of hydrogen-bond acceptors (Lipinski definition) is 5. The summed E-state index contributed by atoms with van der Waals surface area (Å²) in [5.74, 6) is -0.542. The summed E-state index contributed by atoms with van der Waals surface area (Å²) in [6.45, 7) is 3.34. The first-order valence-corrected chi connectivity index (χ1v) is 12.4. The second kappa shape index (κ2) is 11.6. The van der Waals surface area contributed by atoms with Crippen molar-refractivity contribution in [2.75, 3.05) is 18.9 Å². The van der Waals surface area contributed by atoms with Gasteiger partial charge in [0.1, 0.15) is 0 Å². The van der Waals surface area contributed by atoms with E-state index in [0.717, 1.165) is 11.1 Å². The van der Waals surface area contributed by atoms with Crippen molar-refractivity contribution in [1.29, 1.82) is 0 Å². The minimum absolute atomic E-state index is 0.173. The summed E-state index contributed by atoms with van der Waals surface area (Å²) in [5.41, 5.74) is 9.25. The van der Waals surface area contributed by atoms with Gasteiger partial charge < -0.3 is 20.5 Å². The molecule has 2 aromatic carbocycles. The second-order valence-corrected chi connectivity index (χ2v) is 9.05. The fraction of sp³-hybridized carbons (Fsp3) is 0.296. The highest BCUT2D eigenvalue weighted by molar-refractivity contribution is 6.05. The van der Waals surface area contributed by atoms with Crippen molar-refractivity contribution < 1.29 is 14.4 Å².